The van der Waals surface area contributed by atoms with Crippen LogP contribution in [0.15, 0.2) is 30.2 Å². The van der Waals surface area contributed by atoms with Gasteiger partial charge in [0.15, 0.2) is 10.8 Å². The van der Waals surface area contributed by atoms with Gasteiger partial charge in [0.25, 0.3) is 12.4 Å². The van der Waals surface area contributed by atoms with Gasteiger partial charge in [-0.2, -0.15) is 9.78 Å². The Morgan fingerprint density at radius 3 is 3.00 bits per heavy atom. The van der Waals surface area contributed by atoms with Crippen LogP contribution in [-0.4, -0.2) is 57.3 Å². The van der Waals surface area contributed by atoms with E-state index in [1.807, 2.05) is 29.1 Å². The molecule has 26 heavy (non-hydrogen) atoms. The quantitative estimate of drug-likeness (QED) is 0.430. The summed E-state index contributed by atoms with van der Waals surface area (Å²) >= 11 is 1.54. The fraction of sp³-hybridized carbons (Fsp3) is 0.154. The van der Waals surface area contributed by atoms with Crippen molar-refractivity contribution < 1.29 is 14.7 Å². The van der Waals surface area contributed by atoms with Crippen molar-refractivity contribution in [3.8, 4) is 5.82 Å². The number of rotatable bonds is 4. The van der Waals surface area contributed by atoms with E-state index in [4.69, 9.17) is 9.90 Å². The van der Waals surface area contributed by atoms with Gasteiger partial charge in [-0.25, -0.2) is 4.98 Å². The van der Waals surface area contributed by atoms with E-state index >= 15 is 0 Å². The van der Waals surface area contributed by atoms with Crippen molar-refractivity contribution in [3.63, 3.8) is 0 Å². The van der Waals surface area contributed by atoms with Gasteiger partial charge in [-0.1, -0.05) is 0 Å². The molecule has 13 heteroatoms. The summed E-state index contributed by atoms with van der Waals surface area (Å²) in [4.78, 5) is 26.0. The highest BCUT2D eigenvalue weighted by Gasteiger charge is 2.17. The van der Waals surface area contributed by atoms with Gasteiger partial charge in [-0.05, 0) is 17.4 Å². The van der Waals surface area contributed by atoms with E-state index in [9.17, 15) is 4.79 Å². The first-order valence-electron chi connectivity index (χ1n) is 7.22. The lowest BCUT2D eigenvalue weighted by Crippen LogP contribution is -2.27. The van der Waals surface area contributed by atoms with E-state index in [1.54, 1.807) is 17.4 Å². The largest absolute Gasteiger partial charge is 0.483 e. The lowest BCUT2D eigenvalue weighted by Gasteiger charge is -2.09. The molecule has 1 atom stereocenters. The first-order valence-corrected chi connectivity index (χ1v) is 8.10. The number of carboxylic acid groups (broad SMARTS) is 1. The van der Waals surface area contributed by atoms with Crippen molar-refractivity contribution in [1.29, 1.82) is 0 Å². The number of hydrogen-bond donors (Lipinski definition) is 3. The first kappa shape index (κ1) is 17.2. The third kappa shape index (κ3) is 3.56. The van der Waals surface area contributed by atoms with Gasteiger partial charge in [0.2, 0.25) is 0 Å². The zero-order valence-electron chi connectivity index (χ0n) is 13.3. The third-order valence-electron chi connectivity index (χ3n) is 3.30. The van der Waals surface area contributed by atoms with Gasteiger partial charge in [0.1, 0.15) is 12.0 Å². The normalized spacial score (nSPS) is 11.6. The molecular formula is C13H13N9O3S. The Labute approximate surface area is 149 Å². The van der Waals surface area contributed by atoms with E-state index in [1.165, 1.54) is 11.0 Å². The molecule has 3 N–H and O–H groups in total. The molecular weight excluding hydrogens is 362 g/mol. The average molecular weight is 375 g/mol. The van der Waals surface area contributed by atoms with Crippen molar-refractivity contribution in [2.45, 2.75) is 13.0 Å². The number of imidazole rings is 1. The number of tetrazole rings is 1. The molecule has 4 aromatic rings. The molecule has 4 aromatic heterocycles. The second kappa shape index (κ2) is 7.52. The number of hydrogen-bond acceptors (Lipinski definition) is 8. The molecule has 0 saturated carbocycles. The van der Waals surface area contributed by atoms with Gasteiger partial charge >= 0.3 is 0 Å². The minimum Gasteiger partial charge on any atom is -0.483 e. The summed E-state index contributed by atoms with van der Waals surface area (Å²) in [6.07, 6.45) is 5.23. The van der Waals surface area contributed by atoms with Crippen molar-refractivity contribution in [1.82, 2.24) is 45.1 Å². The number of nitrogens with zero attached hydrogens (tertiary/aromatic N) is 7. The van der Waals surface area contributed by atoms with Gasteiger partial charge in [-0.3, -0.25) is 19.1 Å². The first-order chi connectivity index (χ1) is 12.6. The highest BCUT2D eigenvalue weighted by molar-refractivity contribution is 7.15. The maximum absolute atomic E-state index is 12.3. The predicted molar refractivity (Wildman–Crippen MR) is 88.9 cm³/mol. The van der Waals surface area contributed by atoms with Gasteiger partial charge in [0.05, 0.1) is 11.7 Å². The Kier molecular flexibility index (Phi) is 4.98. The monoisotopic (exact) mass is 375 g/mol. The zero-order chi connectivity index (χ0) is 18.5. The Balaban J connectivity index is 0.000000613. The fourth-order valence-electron chi connectivity index (χ4n) is 2.11. The Bertz CT molecular complexity index is 975. The van der Waals surface area contributed by atoms with E-state index < -0.39 is 0 Å². The zero-order valence-corrected chi connectivity index (χ0v) is 14.2. The van der Waals surface area contributed by atoms with E-state index in [-0.39, 0.29) is 18.4 Å². The van der Waals surface area contributed by atoms with Crippen LogP contribution >= 0.6 is 11.3 Å². The summed E-state index contributed by atoms with van der Waals surface area (Å²) in [5.41, 5.74) is 1.12. The molecule has 1 amide bonds. The molecule has 0 spiro atoms. The Hall–Kier alpha value is -3.61. The number of carbonyl (C=O) groups is 2. The van der Waals surface area contributed by atoms with E-state index in [0.717, 1.165) is 10.7 Å². The molecule has 4 rings (SSSR count). The summed E-state index contributed by atoms with van der Waals surface area (Å²) < 4.78 is 3.29. The van der Waals surface area contributed by atoms with E-state index in [2.05, 4.69) is 36.0 Å². The minimum atomic E-state index is -0.277. The summed E-state index contributed by atoms with van der Waals surface area (Å²) in [6, 6.07) is 1.35. The fourth-order valence-corrected chi connectivity index (χ4v) is 2.82. The van der Waals surface area contributed by atoms with Crippen LogP contribution in [0.3, 0.4) is 0 Å². The Morgan fingerprint density at radius 2 is 2.31 bits per heavy atom. The lowest BCUT2D eigenvalue weighted by atomic mass is 10.2. The smallest absolute Gasteiger partial charge is 0.290 e. The van der Waals surface area contributed by atoms with Crippen LogP contribution in [0.4, 0.5) is 0 Å². The molecule has 134 valence electrons. The molecule has 0 aromatic carbocycles. The highest BCUT2D eigenvalue weighted by atomic mass is 32.1. The number of amides is 1. The number of thiazole rings is 1. The molecule has 0 bridgehead atoms. The molecule has 0 aliphatic carbocycles. The number of aromatic nitrogens is 8. The maximum Gasteiger partial charge on any atom is 0.290 e. The topological polar surface area (TPSA) is 156 Å². The van der Waals surface area contributed by atoms with Gasteiger partial charge < -0.3 is 10.4 Å². The van der Waals surface area contributed by atoms with Gasteiger partial charge in [-0.15, -0.1) is 16.4 Å². The summed E-state index contributed by atoms with van der Waals surface area (Å²) in [5.74, 6) is 0.163. The van der Waals surface area contributed by atoms with Crippen LogP contribution in [0.5, 0.6) is 0 Å². The number of nitrogens with one attached hydrogen (secondary N) is 2. The molecule has 4 heterocycles. The summed E-state index contributed by atoms with van der Waals surface area (Å²) in [5, 5.41) is 29.2. The summed E-state index contributed by atoms with van der Waals surface area (Å²) in [7, 11) is 0. The van der Waals surface area contributed by atoms with Crippen molar-refractivity contribution in [3.05, 3.63) is 41.6 Å². The number of carbonyl (C=O) groups excluding carboxylic acids is 1. The summed E-state index contributed by atoms with van der Waals surface area (Å²) in [6.45, 7) is 1.63. The van der Waals surface area contributed by atoms with Gasteiger partial charge in [0, 0.05) is 23.8 Å². The molecule has 1 unspecified atom stereocenters. The SMILES string of the molecule is CC(NC(=O)c1cc(-n2cnnn2)n[nH]1)c1cn2ccsc2n1.O=CO. The molecule has 0 fully saturated rings. The highest BCUT2D eigenvalue weighted by Crippen LogP contribution is 2.17. The van der Waals surface area contributed by atoms with Crippen molar-refractivity contribution in [2.24, 2.45) is 0 Å². The molecule has 0 aliphatic rings. The number of fused-ring (bicyclic) bond motifs is 1. The maximum atomic E-state index is 12.3. The second-order valence-corrected chi connectivity index (χ2v) is 5.83. The molecule has 0 radical (unpaired) electrons. The van der Waals surface area contributed by atoms with E-state index in [0.29, 0.717) is 11.5 Å². The van der Waals surface area contributed by atoms with Crippen LogP contribution in [0.25, 0.3) is 10.8 Å². The third-order valence-corrected chi connectivity index (χ3v) is 4.07. The van der Waals surface area contributed by atoms with Crippen LogP contribution in [0.2, 0.25) is 0 Å². The van der Waals surface area contributed by atoms with Crippen molar-refractivity contribution in [2.75, 3.05) is 0 Å². The average Bonchev–Trinajstić information content (AvgIpc) is 3.37. The van der Waals surface area contributed by atoms with Crippen LogP contribution in [-0.2, 0) is 4.79 Å². The molecule has 0 aliphatic heterocycles. The lowest BCUT2D eigenvalue weighted by molar-refractivity contribution is -0.122. The minimum absolute atomic E-state index is 0.227. The molecule has 0 saturated heterocycles. The second-order valence-electron chi connectivity index (χ2n) is 4.95. The number of aromatic amines is 1. The van der Waals surface area contributed by atoms with Crippen LogP contribution in [0, 0.1) is 0 Å². The van der Waals surface area contributed by atoms with Crippen LogP contribution < -0.4 is 5.32 Å². The van der Waals surface area contributed by atoms with Crippen LogP contribution in [0.1, 0.15) is 29.1 Å². The predicted octanol–water partition coefficient (Wildman–Crippen LogP) is 0.286. The Morgan fingerprint density at radius 1 is 1.50 bits per heavy atom. The molecule has 12 nitrogen and oxygen atoms in total. The number of H-pyrrole nitrogens is 1. The standard InChI is InChI=1S/C12H11N9OS.CH2O2/c1-7(9-5-20-2-3-23-12(20)15-9)14-11(22)8-4-10(17-16-8)21-6-13-18-19-21;2-1-3/h2-7H,1H3,(H,14,22)(H,16,17);1H,(H,2,3). The van der Waals surface area contributed by atoms with Crippen molar-refractivity contribution >= 4 is 28.7 Å².